The van der Waals surface area contributed by atoms with E-state index in [9.17, 15) is 0 Å². The van der Waals surface area contributed by atoms with Crippen LogP contribution >= 0.6 is 0 Å². The van der Waals surface area contributed by atoms with Gasteiger partial charge in [0.15, 0.2) is 0 Å². The zero-order chi connectivity index (χ0) is 9.03. The molecule has 1 aliphatic rings. The third kappa shape index (κ3) is 4.07. The Morgan fingerprint density at radius 1 is 1.25 bits per heavy atom. The van der Waals surface area contributed by atoms with E-state index in [4.69, 9.17) is 4.74 Å². The van der Waals surface area contributed by atoms with Gasteiger partial charge in [0.25, 0.3) is 0 Å². The molecule has 0 aromatic carbocycles. The SMILES string of the molecule is CC(C)(C)OCNC1CCCC1. The van der Waals surface area contributed by atoms with Gasteiger partial charge in [-0.15, -0.1) is 0 Å². The molecule has 72 valence electrons. The minimum absolute atomic E-state index is 0.00833. The van der Waals surface area contributed by atoms with E-state index >= 15 is 0 Å². The van der Waals surface area contributed by atoms with Crippen LogP contribution in [-0.4, -0.2) is 18.4 Å². The van der Waals surface area contributed by atoms with Crippen LogP contribution in [0.3, 0.4) is 0 Å². The van der Waals surface area contributed by atoms with Gasteiger partial charge >= 0.3 is 0 Å². The van der Waals surface area contributed by atoms with Gasteiger partial charge < -0.3 is 4.74 Å². The summed E-state index contributed by atoms with van der Waals surface area (Å²) in [7, 11) is 0. The highest BCUT2D eigenvalue weighted by Crippen LogP contribution is 2.17. The monoisotopic (exact) mass is 171 g/mol. The number of hydrogen-bond donors (Lipinski definition) is 1. The predicted molar refractivity (Wildman–Crippen MR) is 51.1 cm³/mol. The molecule has 1 saturated carbocycles. The van der Waals surface area contributed by atoms with Crippen molar-refractivity contribution in [3.05, 3.63) is 0 Å². The molecule has 1 fully saturated rings. The number of ether oxygens (including phenoxy) is 1. The van der Waals surface area contributed by atoms with Crippen molar-refractivity contribution in [1.82, 2.24) is 5.32 Å². The van der Waals surface area contributed by atoms with Crippen molar-refractivity contribution in [3.8, 4) is 0 Å². The van der Waals surface area contributed by atoms with Gasteiger partial charge in [0.1, 0.15) is 0 Å². The van der Waals surface area contributed by atoms with Crippen molar-refractivity contribution in [3.63, 3.8) is 0 Å². The first kappa shape index (κ1) is 10.0. The Hall–Kier alpha value is -0.0800. The smallest absolute Gasteiger partial charge is 0.0974 e. The lowest BCUT2D eigenvalue weighted by Gasteiger charge is -2.21. The quantitative estimate of drug-likeness (QED) is 0.658. The van der Waals surface area contributed by atoms with Crippen molar-refractivity contribution in [1.29, 1.82) is 0 Å². The Kier molecular flexibility index (Phi) is 3.53. The van der Waals surface area contributed by atoms with E-state index in [-0.39, 0.29) is 5.60 Å². The number of nitrogens with one attached hydrogen (secondary N) is 1. The molecule has 0 atom stereocenters. The molecule has 1 N–H and O–H groups in total. The van der Waals surface area contributed by atoms with Crippen molar-refractivity contribution < 1.29 is 4.74 Å². The molecular weight excluding hydrogens is 150 g/mol. The maximum Gasteiger partial charge on any atom is 0.0974 e. The van der Waals surface area contributed by atoms with Crippen LogP contribution in [0.2, 0.25) is 0 Å². The molecule has 0 saturated heterocycles. The molecule has 0 bridgehead atoms. The zero-order valence-electron chi connectivity index (χ0n) is 8.52. The first-order valence-electron chi connectivity index (χ1n) is 4.95. The van der Waals surface area contributed by atoms with Crippen LogP contribution in [0.25, 0.3) is 0 Å². The molecule has 0 amide bonds. The summed E-state index contributed by atoms with van der Waals surface area (Å²) < 4.78 is 5.58. The summed E-state index contributed by atoms with van der Waals surface area (Å²) in [6.45, 7) is 6.96. The van der Waals surface area contributed by atoms with E-state index < -0.39 is 0 Å². The molecule has 0 spiro atoms. The van der Waals surface area contributed by atoms with E-state index in [1.165, 1.54) is 25.7 Å². The standard InChI is InChI=1S/C10H21NO/c1-10(2,3)12-8-11-9-6-4-5-7-9/h9,11H,4-8H2,1-3H3. The fourth-order valence-corrected chi connectivity index (χ4v) is 1.51. The number of rotatable bonds is 3. The van der Waals surface area contributed by atoms with Gasteiger partial charge in [-0.3, -0.25) is 5.32 Å². The van der Waals surface area contributed by atoms with Gasteiger partial charge in [0.2, 0.25) is 0 Å². The number of hydrogen-bond acceptors (Lipinski definition) is 2. The zero-order valence-corrected chi connectivity index (χ0v) is 8.52. The van der Waals surface area contributed by atoms with Crippen LogP contribution in [0.15, 0.2) is 0 Å². The molecule has 0 aromatic rings. The lowest BCUT2D eigenvalue weighted by Crippen LogP contribution is -2.33. The maximum absolute atomic E-state index is 5.58. The molecule has 0 heterocycles. The summed E-state index contributed by atoms with van der Waals surface area (Å²) in [6.07, 6.45) is 5.42. The van der Waals surface area contributed by atoms with E-state index in [2.05, 4.69) is 26.1 Å². The Labute approximate surface area is 75.7 Å². The third-order valence-electron chi connectivity index (χ3n) is 2.23. The Morgan fingerprint density at radius 3 is 2.33 bits per heavy atom. The minimum atomic E-state index is -0.00833. The molecule has 12 heavy (non-hydrogen) atoms. The fraction of sp³-hybridized carbons (Fsp3) is 1.00. The minimum Gasteiger partial charge on any atom is -0.361 e. The van der Waals surface area contributed by atoms with Crippen LogP contribution < -0.4 is 5.32 Å². The van der Waals surface area contributed by atoms with Gasteiger partial charge in [-0.25, -0.2) is 0 Å². The van der Waals surface area contributed by atoms with Crippen LogP contribution in [0.5, 0.6) is 0 Å². The average molecular weight is 171 g/mol. The molecule has 0 unspecified atom stereocenters. The van der Waals surface area contributed by atoms with Crippen molar-refractivity contribution in [2.75, 3.05) is 6.73 Å². The molecule has 0 radical (unpaired) electrons. The van der Waals surface area contributed by atoms with Crippen LogP contribution in [0.4, 0.5) is 0 Å². The summed E-state index contributed by atoms with van der Waals surface area (Å²) in [5.41, 5.74) is -0.00833. The Morgan fingerprint density at radius 2 is 1.83 bits per heavy atom. The van der Waals surface area contributed by atoms with Gasteiger partial charge in [-0.1, -0.05) is 12.8 Å². The second-order valence-electron chi connectivity index (χ2n) is 4.59. The van der Waals surface area contributed by atoms with E-state index in [0.29, 0.717) is 12.8 Å². The highest BCUT2D eigenvalue weighted by Gasteiger charge is 2.15. The van der Waals surface area contributed by atoms with Crippen LogP contribution in [-0.2, 0) is 4.74 Å². The fourth-order valence-electron chi connectivity index (χ4n) is 1.51. The highest BCUT2D eigenvalue weighted by molar-refractivity contribution is 4.72. The lowest BCUT2D eigenvalue weighted by atomic mass is 10.2. The third-order valence-corrected chi connectivity index (χ3v) is 2.23. The predicted octanol–water partition coefficient (Wildman–Crippen LogP) is 2.29. The largest absolute Gasteiger partial charge is 0.361 e. The van der Waals surface area contributed by atoms with Gasteiger partial charge in [-0.05, 0) is 33.6 Å². The Balaban J connectivity index is 2.02. The summed E-state index contributed by atoms with van der Waals surface area (Å²) in [5.74, 6) is 0. The highest BCUT2D eigenvalue weighted by atomic mass is 16.5. The van der Waals surface area contributed by atoms with Crippen LogP contribution in [0, 0.1) is 0 Å². The molecule has 2 heteroatoms. The second kappa shape index (κ2) is 4.24. The van der Waals surface area contributed by atoms with Crippen molar-refractivity contribution in [2.24, 2.45) is 0 Å². The van der Waals surface area contributed by atoms with E-state index in [1.807, 2.05) is 0 Å². The molecular formula is C10H21NO. The van der Waals surface area contributed by atoms with Gasteiger partial charge in [0, 0.05) is 6.04 Å². The van der Waals surface area contributed by atoms with Gasteiger partial charge in [-0.2, -0.15) is 0 Å². The lowest BCUT2D eigenvalue weighted by molar-refractivity contribution is -0.0168. The molecule has 1 aliphatic carbocycles. The molecule has 0 aromatic heterocycles. The Bertz CT molecular complexity index is 122. The molecule has 0 aliphatic heterocycles. The van der Waals surface area contributed by atoms with Crippen molar-refractivity contribution in [2.45, 2.75) is 58.1 Å². The second-order valence-corrected chi connectivity index (χ2v) is 4.59. The summed E-state index contributed by atoms with van der Waals surface area (Å²) in [5, 5.41) is 3.42. The first-order valence-corrected chi connectivity index (χ1v) is 4.95. The summed E-state index contributed by atoms with van der Waals surface area (Å²) in [6, 6.07) is 0.715. The topological polar surface area (TPSA) is 21.3 Å². The normalized spacial score (nSPS) is 20.2. The maximum atomic E-state index is 5.58. The molecule has 1 rings (SSSR count). The summed E-state index contributed by atoms with van der Waals surface area (Å²) in [4.78, 5) is 0. The van der Waals surface area contributed by atoms with E-state index in [1.54, 1.807) is 0 Å². The molecule has 2 nitrogen and oxygen atoms in total. The van der Waals surface area contributed by atoms with Crippen LogP contribution in [0.1, 0.15) is 46.5 Å². The van der Waals surface area contributed by atoms with Crippen molar-refractivity contribution >= 4 is 0 Å². The summed E-state index contributed by atoms with van der Waals surface area (Å²) >= 11 is 0. The van der Waals surface area contributed by atoms with E-state index in [0.717, 1.165) is 0 Å². The van der Waals surface area contributed by atoms with Gasteiger partial charge in [0.05, 0.1) is 12.3 Å². The average Bonchev–Trinajstić information content (AvgIpc) is 2.36. The first-order chi connectivity index (χ1) is 5.58.